The van der Waals surface area contributed by atoms with Crippen LogP contribution >= 0.6 is 11.3 Å². The van der Waals surface area contributed by atoms with Crippen LogP contribution in [0.3, 0.4) is 0 Å². The van der Waals surface area contributed by atoms with Crippen molar-refractivity contribution in [1.82, 2.24) is 24.8 Å². The molecule has 0 amide bonds. The van der Waals surface area contributed by atoms with E-state index in [1.165, 1.54) is 36.6 Å². The number of morpholine rings is 1. The second kappa shape index (κ2) is 9.62. The molecule has 0 unspecified atom stereocenters. The number of aromatic nitrogens is 3. The zero-order chi connectivity index (χ0) is 24.9. The van der Waals surface area contributed by atoms with E-state index >= 15 is 0 Å². The van der Waals surface area contributed by atoms with Crippen LogP contribution in [0.15, 0.2) is 30.5 Å². The van der Waals surface area contributed by atoms with Gasteiger partial charge in [-0.05, 0) is 57.0 Å². The van der Waals surface area contributed by atoms with Gasteiger partial charge in [-0.3, -0.25) is 4.90 Å². The minimum absolute atomic E-state index is 0.289. The third-order valence-corrected chi connectivity index (χ3v) is 9.33. The predicted octanol–water partition coefficient (Wildman–Crippen LogP) is 4.87. The van der Waals surface area contributed by atoms with Crippen molar-refractivity contribution in [2.24, 2.45) is 0 Å². The minimum Gasteiger partial charge on any atom is -0.378 e. The molecule has 9 heteroatoms. The number of piperidine rings is 1. The van der Waals surface area contributed by atoms with Crippen molar-refractivity contribution in [3.63, 3.8) is 0 Å². The number of anilines is 1. The molecule has 1 aromatic carbocycles. The zero-order valence-electron chi connectivity index (χ0n) is 21.3. The Kier molecular flexibility index (Phi) is 6.11. The van der Waals surface area contributed by atoms with Crippen LogP contribution in [0, 0.1) is 5.82 Å². The Morgan fingerprint density at radius 1 is 1.05 bits per heavy atom. The molecule has 0 bridgehead atoms. The Balaban J connectivity index is 1.21. The third-order valence-electron chi connectivity index (χ3n) is 8.23. The monoisotopic (exact) mass is 520 g/mol. The average molecular weight is 521 g/mol. The van der Waals surface area contributed by atoms with Crippen molar-refractivity contribution in [3.8, 4) is 11.4 Å². The van der Waals surface area contributed by atoms with E-state index in [2.05, 4.69) is 32.8 Å². The summed E-state index contributed by atoms with van der Waals surface area (Å²) in [5, 5.41) is 0.933. The summed E-state index contributed by atoms with van der Waals surface area (Å²) in [7, 11) is 2.31. The van der Waals surface area contributed by atoms with E-state index in [1.807, 2.05) is 12.3 Å². The van der Waals surface area contributed by atoms with Crippen molar-refractivity contribution in [2.45, 2.75) is 44.3 Å². The van der Waals surface area contributed by atoms with Crippen molar-refractivity contribution >= 4 is 38.3 Å². The maximum atomic E-state index is 14.5. The van der Waals surface area contributed by atoms with Gasteiger partial charge in [0.25, 0.3) is 0 Å². The summed E-state index contributed by atoms with van der Waals surface area (Å²) in [6.07, 6.45) is 7.07. The lowest BCUT2D eigenvalue weighted by Crippen LogP contribution is -2.43. The number of hydrogen-bond acceptors (Lipinski definition) is 7. The standard InChI is InChI=1S/C28H33FN6OS/c1-33(19-2-3-19)20-5-8-34(9-6-20)17-21-16-25-26(37-21)28(35-10-12-36-13-11-35)32-27(31-25)23-14-18(29)15-24-22(23)4-7-30-24/h4,7,14-16,19-20,30H,2-3,5-6,8-13,17H2,1H3. The molecule has 5 heterocycles. The summed E-state index contributed by atoms with van der Waals surface area (Å²) >= 11 is 1.81. The van der Waals surface area contributed by atoms with Gasteiger partial charge in [-0.2, -0.15) is 0 Å². The summed E-state index contributed by atoms with van der Waals surface area (Å²) in [6, 6.07) is 8.83. The van der Waals surface area contributed by atoms with E-state index in [0.717, 1.165) is 77.3 Å². The van der Waals surface area contributed by atoms with E-state index in [-0.39, 0.29) is 5.82 Å². The maximum absolute atomic E-state index is 14.5. The highest BCUT2D eigenvalue weighted by Crippen LogP contribution is 2.37. The molecule has 2 aliphatic heterocycles. The Labute approximate surface area is 220 Å². The van der Waals surface area contributed by atoms with Gasteiger partial charge in [-0.1, -0.05) is 0 Å². The number of H-pyrrole nitrogens is 1. The molecule has 0 spiro atoms. The Hall–Kier alpha value is -2.59. The first-order chi connectivity index (χ1) is 18.1. The van der Waals surface area contributed by atoms with Gasteiger partial charge < -0.3 is 19.5 Å². The molecule has 0 radical (unpaired) electrons. The molecule has 0 atom stereocenters. The average Bonchev–Trinajstić information content (AvgIpc) is 3.53. The first-order valence-corrected chi connectivity index (χ1v) is 14.3. The van der Waals surface area contributed by atoms with E-state index in [9.17, 15) is 4.39 Å². The molecule has 37 heavy (non-hydrogen) atoms. The number of benzene rings is 1. The number of likely N-dealkylation sites (tertiary alicyclic amines) is 1. The molecule has 4 aromatic rings. The SMILES string of the molecule is CN(C1CC1)C1CCN(Cc2cc3nc(-c4cc(F)cc5[nH]ccc45)nc(N4CCOCC4)c3s2)CC1. The molecule has 1 aliphatic carbocycles. The van der Waals surface area contributed by atoms with Gasteiger partial charge in [0.2, 0.25) is 0 Å². The molecule has 1 N–H and O–H groups in total. The third kappa shape index (κ3) is 4.63. The van der Waals surface area contributed by atoms with E-state index in [4.69, 9.17) is 14.7 Å². The molecule has 3 aromatic heterocycles. The second-order valence-corrected chi connectivity index (χ2v) is 11.8. The number of halogens is 1. The van der Waals surface area contributed by atoms with Gasteiger partial charge in [0, 0.05) is 72.3 Å². The van der Waals surface area contributed by atoms with Gasteiger partial charge >= 0.3 is 0 Å². The van der Waals surface area contributed by atoms with E-state index < -0.39 is 0 Å². The first kappa shape index (κ1) is 23.5. The molecule has 1 saturated carbocycles. The number of fused-ring (bicyclic) bond motifs is 2. The highest BCUT2D eigenvalue weighted by molar-refractivity contribution is 7.19. The highest BCUT2D eigenvalue weighted by Gasteiger charge is 2.33. The molecule has 3 fully saturated rings. The Morgan fingerprint density at radius 2 is 1.84 bits per heavy atom. The van der Waals surface area contributed by atoms with E-state index in [0.29, 0.717) is 19.0 Å². The Bertz CT molecular complexity index is 1420. The molecule has 194 valence electrons. The largest absolute Gasteiger partial charge is 0.378 e. The lowest BCUT2D eigenvalue weighted by Gasteiger charge is -2.36. The fourth-order valence-electron chi connectivity index (χ4n) is 5.95. The number of thiophene rings is 1. The van der Waals surface area contributed by atoms with Crippen LogP contribution in [0.4, 0.5) is 10.2 Å². The molecular formula is C28H33FN6OS. The van der Waals surface area contributed by atoms with Crippen LogP contribution in [-0.2, 0) is 11.3 Å². The van der Waals surface area contributed by atoms with Crippen LogP contribution in [0.2, 0.25) is 0 Å². The van der Waals surface area contributed by atoms with Crippen molar-refractivity contribution < 1.29 is 9.13 Å². The summed E-state index contributed by atoms with van der Waals surface area (Å²) in [4.78, 5) is 22.0. The van der Waals surface area contributed by atoms with Crippen LogP contribution in [-0.4, -0.2) is 83.3 Å². The molecule has 2 saturated heterocycles. The smallest absolute Gasteiger partial charge is 0.163 e. The van der Waals surface area contributed by atoms with Gasteiger partial charge in [-0.25, -0.2) is 14.4 Å². The molecule has 7 nitrogen and oxygen atoms in total. The van der Waals surface area contributed by atoms with Crippen molar-refractivity contribution in [2.75, 3.05) is 51.3 Å². The normalized spacial score (nSPS) is 20.0. The second-order valence-electron chi connectivity index (χ2n) is 10.7. The molecule has 7 rings (SSSR count). The Morgan fingerprint density at radius 3 is 2.62 bits per heavy atom. The van der Waals surface area contributed by atoms with Gasteiger partial charge in [-0.15, -0.1) is 11.3 Å². The first-order valence-electron chi connectivity index (χ1n) is 13.5. The lowest BCUT2D eigenvalue weighted by molar-refractivity contribution is 0.119. The summed E-state index contributed by atoms with van der Waals surface area (Å²) in [6.45, 7) is 6.18. The van der Waals surface area contributed by atoms with Crippen molar-refractivity contribution in [1.29, 1.82) is 0 Å². The lowest BCUT2D eigenvalue weighted by atomic mass is 10.0. The van der Waals surface area contributed by atoms with Crippen LogP contribution in [0.25, 0.3) is 32.5 Å². The van der Waals surface area contributed by atoms with Gasteiger partial charge in [0.15, 0.2) is 11.6 Å². The van der Waals surface area contributed by atoms with Gasteiger partial charge in [0.05, 0.1) is 23.4 Å². The highest BCUT2D eigenvalue weighted by atomic mass is 32.1. The van der Waals surface area contributed by atoms with Crippen LogP contribution in [0.5, 0.6) is 0 Å². The topological polar surface area (TPSA) is 60.5 Å². The van der Waals surface area contributed by atoms with Crippen molar-refractivity contribution in [3.05, 3.63) is 41.2 Å². The molecular weight excluding hydrogens is 487 g/mol. The van der Waals surface area contributed by atoms with Crippen LogP contribution < -0.4 is 4.90 Å². The minimum atomic E-state index is -0.289. The maximum Gasteiger partial charge on any atom is 0.163 e. The predicted molar refractivity (Wildman–Crippen MR) is 147 cm³/mol. The zero-order valence-corrected chi connectivity index (χ0v) is 22.1. The fraction of sp³-hybridized carbons (Fsp3) is 0.500. The van der Waals surface area contributed by atoms with E-state index in [1.54, 1.807) is 17.4 Å². The number of nitrogens with one attached hydrogen (secondary N) is 1. The summed E-state index contributed by atoms with van der Waals surface area (Å²) in [5.74, 6) is 1.23. The quantitative estimate of drug-likeness (QED) is 0.391. The number of ether oxygens (including phenoxy) is 1. The molecule has 3 aliphatic rings. The summed E-state index contributed by atoms with van der Waals surface area (Å²) < 4.78 is 21.2. The number of aromatic amines is 1. The fourth-order valence-corrected chi connectivity index (χ4v) is 7.11. The number of nitrogens with zero attached hydrogens (tertiary/aromatic N) is 5. The van der Waals surface area contributed by atoms with Gasteiger partial charge in [0.1, 0.15) is 5.82 Å². The number of hydrogen-bond donors (Lipinski definition) is 1. The number of rotatable bonds is 6. The summed E-state index contributed by atoms with van der Waals surface area (Å²) in [5.41, 5.74) is 2.43. The van der Waals surface area contributed by atoms with Crippen LogP contribution in [0.1, 0.15) is 30.6 Å².